The number of amides is 1. The van der Waals surface area contributed by atoms with E-state index in [4.69, 9.17) is 5.73 Å². The van der Waals surface area contributed by atoms with E-state index in [0.29, 0.717) is 23.5 Å². The zero-order valence-electron chi connectivity index (χ0n) is 12.2. The number of nitrogens with zero attached hydrogens (tertiary/aromatic N) is 4. The number of fused-ring (bicyclic) bond motifs is 2. The third-order valence-corrected chi connectivity index (χ3v) is 4.75. The lowest BCUT2D eigenvalue weighted by atomic mass is 10.1. The Balaban J connectivity index is 1.78. The molecule has 2 aliphatic heterocycles. The molecule has 1 aromatic rings. The van der Waals surface area contributed by atoms with Gasteiger partial charge >= 0.3 is 0 Å². The minimum atomic E-state index is -0.0179. The van der Waals surface area contributed by atoms with Gasteiger partial charge in [-0.3, -0.25) is 14.4 Å². The number of nitrogens with two attached hydrogens (primary N) is 1. The quantitative estimate of drug-likeness (QED) is 0.868. The molecule has 2 bridgehead atoms. The van der Waals surface area contributed by atoms with Crippen molar-refractivity contribution >= 4 is 11.6 Å². The number of hydrogen-bond acceptors (Lipinski definition) is 4. The highest BCUT2D eigenvalue weighted by Crippen LogP contribution is 2.29. The number of carbonyl (C=O) groups is 1. The fourth-order valence-corrected chi connectivity index (χ4v) is 3.41. The summed E-state index contributed by atoms with van der Waals surface area (Å²) in [6, 6.07) is 1.12. The first-order chi connectivity index (χ1) is 9.60. The Labute approximate surface area is 119 Å². The minimum absolute atomic E-state index is 0.0179. The van der Waals surface area contributed by atoms with Crippen molar-refractivity contribution in [1.82, 2.24) is 19.6 Å². The van der Waals surface area contributed by atoms with Crippen molar-refractivity contribution in [1.29, 1.82) is 0 Å². The third-order valence-electron chi connectivity index (χ3n) is 4.75. The Hall–Kier alpha value is -1.56. The summed E-state index contributed by atoms with van der Waals surface area (Å²) in [4.78, 5) is 17.0. The lowest BCUT2D eigenvalue weighted by Gasteiger charge is -2.25. The SMILES string of the molecule is CCn1cc(N)c(C(=O)N2CCC3CCC(C2)N3C)n1. The van der Waals surface area contributed by atoms with Crippen molar-refractivity contribution in [3.05, 3.63) is 11.9 Å². The smallest absolute Gasteiger partial charge is 0.276 e. The zero-order valence-corrected chi connectivity index (χ0v) is 12.2. The molecule has 110 valence electrons. The van der Waals surface area contributed by atoms with Crippen molar-refractivity contribution < 1.29 is 4.79 Å². The molecular formula is C14H23N5O. The van der Waals surface area contributed by atoms with Crippen molar-refractivity contribution in [2.24, 2.45) is 0 Å². The van der Waals surface area contributed by atoms with Crippen LogP contribution in [-0.4, -0.2) is 57.7 Å². The molecule has 1 amide bonds. The number of likely N-dealkylation sites (tertiary alicyclic amines) is 1. The molecule has 0 aromatic carbocycles. The normalized spacial score (nSPS) is 26.8. The van der Waals surface area contributed by atoms with Gasteiger partial charge in [0, 0.05) is 37.9 Å². The van der Waals surface area contributed by atoms with E-state index in [9.17, 15) is 4.79 Å². The lowest BCUT2D eigenvalue weighted by Crippen LogP contribution is -2.40. The molecule has 2 unspecified atom stereocenters. The van der Waals surface area contributed by atoms with Crippen molar-refractivity contribution in [3.8, 4) is 0 Å². The largest absolute Gasteiger partial charge is 0.396 e. The number of hydrogen-bond donors (Lipinski definition) is 1. The summed E-state index contributed by atoms with van der Waals surface area (Å²) >= 11 is 0. The standard InChI is InChI=1S/C14H23N5O/c1-3-19-9-12(15)13(16-19)14(20)18-7-6-10-4-5-11(8-18)17(10)2/h9-11H,3-8,15H2,1-2H3. The van der Waals surface area contributed by atoms with Gasteiger partial charge in [-0.15, -0.1) is 0 Å². The Kier molecular flexibility index (Phi) is 3.41. The average molecular weight is 277 g/mol. The Bertz CT molecular complexity index is 512. The second-order valence-corrected chi connectivity index (χ2v) is 5.88. The van der Waals surface area contributed by atoms with Crippen LogP contribution in [0.2, 0.25) is 0 Å². The van der Waals surface area contributed by atoms with E-state index in [-0.39, 0.29) is 5.91 Å². The number of aryl methyl sites for hydroxylation is 1. The van der Waals surface area contributed by atoms with Crippen molar-refractivity contribution in [2.75, 3.05) is 25.9 Å². The lowest BCUT2D eigenvalue weighted by molar-refractivity contribution is 0.0734. The first kappa shape index (κ1) is 13.4. The van der Waals surface area contributed by atoms with Crippen LogP contribution < -0.4 is 5.73 Å². The van der Waals surface area contributed by atoms with Gasteiger partial charge in [0.05, 0.1) is 5.69 Å². The van der Waals surface area contributed by atoms with Crippen molar-refractivity contribution in [2.45, 2.75) is 44.8 Å². The molecule has 0 spiro atoms. The van der Waals surface area contributed by atoms with E-state index >= 15 is 0 Å². The van der Waals surface area contributed by atoms with Crippen LogP contribution in [0.3, 0.4) is 0 Å². The van der Waals surface area contributed by atoms with Crippen LogP contribution in [0.1, 0.15) is 36.7 Å². The molecule has 3 heterocycles. The first-order valence-corrected chi connectivity index (χ1v) is 7.44. The zero-order chi connectivity index (χ0) is 14.3. The average Bonchev–Trinajstić information content (AvgIpc) is 2.90. The number of rotatable bonds is 2. The predicted octanol–water partition coefficient (Wildman–Crippen LogP) is 0.794. The van der Waals surface area contributed by atoms with Gasteiger partial charge in [-0.05, 0) is 33.2 Å². The maximum absolute atomic E-state index is 12.6. The molecule has 2 fully saturated rings. The number of nitrogen functional groups attached to an aromatic ring is 1. The van der Waals surface area contributed by atoms with Gasteiger partial charge in [0.2, 0.25) is 0 Å². The predicted molar refractivity (Wildman–Crippen MR) is 77.4 cm³/mol. The summed E-state index contributed by atoms with van der Waals surface area (Å²) in [5, 5.41) is 4.30. The number of carbonyl (C=O) groups excluding carboxylic acids is 1. The Morgan fingerprint density at radius 2 is 2.15 bits per heavy atom. The molecule has 3 rings (SSSR count). The monoisotopic (exact) mass is 277 g/mol. The van der Waals surface area contributed by atoms with Crippen LogP contribution in [0.15, 0.2) is 6.20 Å². The van der Waals surface area contributed by atoms with Crippen LogP contribution in [0.25, 0.3) is 0 Å². The molecule has 20 heavy (non-hydrogen) atoms. The maximum Gasteiger partial charge on any atom is 0.276 e. The van der Waals surface area contributed by atoms with Gasteiger partial charge in [0.25, 0.3) is 5.91 Å². The van der Waals surface area contributed by atoms with E-state index in [1.165, 1.54) is 12.8 Å². The molecular weight excluding hydrogens is 254 g/mol. The summed E-state index contributed by atoms with van der Waals surface area (Å²) in [6.07, 6.45) is 5.23. The molecule has 6 heteroatoms. The molecule has 6 nitrogen and oxygen atoms in total. The van der Waals surface area contributed by atoms with Crippen LogP contribution in [0, 0.1) is 0 Å². The number of aromatic nitrogens is 2. The van der Waals surface area contributed by atoms with Gasteiger partial charge in [-0.1, -0.05) is 0 Å². The van der Waals surface area contributed by atoms with E-state index < -0.39 is 0 Å². The highest BCUT2D eigenvalue weighted by Gasteiger charge is 2.36. The fourth-order valence-electron chi connectivity index (χ4n) is 3.41. The van der Waals surface area contributed by atoms with Gasteiger partial charge in [0.15, 0.2) is 5.69 Å². The molecule has 2 aliphatic rings. The fraction of sp³-hybridized carbons (Fsp3) is 0.714. The highest BCUT2D eigenvalue weighted by atomic mass is 16.2. The van der Waals surface area contributed by atoms with E-state index in [1.54, 1.807) is 10.9 Å². The first-order valence-electron chi connectivity index (χ1n) is 7.44. The van der Waals surface area contributed by atoms with E-state index in [2.05, 4.69) is 17.0 Å². The molecule has 0 aliphatic carbocycles. The maximum atomic E-state index is 12.6. The third kappa shape index (κ3) is 2.18. The Morgan fingerprint density at radius 3 is 2.85 bits per heavy atom. The van der Waals surface area contributed by atoms with Crippen LogP contribution in [0.5, 0.6) is 0 Å². The van der Waals surface area contributed by atoms with Gasteiger partial charge in [-0.25, -0.2) is 0 Å². The van der Waals surface area contributed by atoms with E-state index in [1.807, 2.05) is 11.8 Å². The molecule has 0 saturated carbocycles. The van der Waals surface area contributed by atoms with Crippen molar-refractivity contribution in [3.63, 3.8) is 0 Å². The molecule has 0 radical (unpaired) electrons. The summed E-state index contributed by atoms with van der Waals surface area (Å²) in [5.74, 6) is -0.0179. The van der Waals surface area contributed by atoms with Gasteiger partial charge in [0.1, 0.15) is 0 Å². The summed E-state index contributed by atoms with van der Waals surface area (Å²) in [7, 11) is 2.18. The van der Waals surface area contributed by atoms with Crippen LogP contribution in [0.4, 0.5) is 5.69 Å². The molecule has 2 saturated heterocycles. The summed E-state index contributed by atoms with van der Waals surface area (Å²) < 4.78 is 1.72. The Morgan fingerprint density at radius 1 is 1.40 bits per heavy atom. The number of anilines is 1. The van der Waals surface area contributed by atoms with Crippen LogP contribution in [-0.2, 0) is 6.54 Å². The molecule has 1 aromatic heterocycles. The number of likely N-dealkylation sites (N-methyl/N-ethyl adjacent to an activating group) is 1. The molecule has 2 N–H and O–H groups in total. The van der Waals surface area contributed by atoms with Crippen LogP contribution >= 0.6 is 0 Å². The second kappa shape index (κ2) is 5.09. The topological polar surface area (TPSA) is 67.4 Å². The highest BCUT2D eigenvalue weighted by molar-refractivity contribution is 5.97. The minimum Gasteiger partial charge on any atom is -0.396 e. The van der Waals surface area contributed by atoms with Gasteiger partial charge in [-0.2, -0.15) is 5.10 Å². The summed E-state index contributed by atoms with van der Waals surface area (Å²) in [5.41, 5.74) is 6.82. The van der Waals surface area contributed by atoms with Gasteiger partial charge < -0.3 is 10.6 Å². The second-order valence-electron chi connectivity index (χ2n) is 5.88. The van der Waals surface area contributed by atoms with E-state index in [0.717, 1.165) is 26.1 Å². The summed E-state index contributed by atoms with van der Waals surface area (Å²) in [6.45, 7) is 4.32. The molecule has 2 atom stereocenters.